The molecule has 1 amide bonds. The van der Waals surface area contributed by atoms with Gasteiger partial charge in [-0.05, 0) is 36.2 Å². The lowest BCUT2D eigenvalue weighted by molar-refractivity contribution is -0.114. The first-order valence-electron chi connectivity index (χ1n) is 6.22. The van der Waals surface area contributed by atoms with Crippen LogP contribution in [0.2, 0.25) is 0 Å². The zero-order valence-corrected chi connectivity index (χ0v) is 11.2. The van der Waals surface area contributed by atoms with Crippen LogP contribution in [0.15, 0.2) is 36.7 Å². The topological polar surface area (TPSA) is 59.0 Å². The predicted molar refractivity (Wildman–Crippen MR) is 76.1 cm³/mol. The van der Waals surface area contributed by atoms with Gasteiger partial charge in [0.2, 0.25) is 5.91 Å². The number of rotatable bonds is 5. The van der Waals surface area contributed by atoms with Crippen LogP contribution in [0.3, 0.4) is 0 Å². The maximum Gasteiger partial charge on any atom is 0.221 e. The summed E-state index contributed by atoms with van der Waals surface area (Å²) in [6.45, 7) is 2.35. The lowest BCUT2D eigenvalue weighted by Gasteiger charge is -2.07. The summed E-state index contributed by atoms with van der Waals surface area (Å²) in [5.74, 6) is -0.0581. The number of benzene rings is 1. The molecule has 1 heterocycles. The van der Waals surface area contributed by atoms with Gasteiger partial charge >= 0.3 is 0 Å². The van der Waals surface area contributed by atoms with Crippen LogP contribution < -0.4 is 10.6 Å². The first-order chi connectivity index (χ1) is 9.13. The number of amides is 1. The Labute approximate surface area is 112 Å². The Kier molecular flexibility index (Phi) is 4.18. The molecule has 1 aromatic heterocycles. The highest BCUT2D eigenvalue weighted by molar-refractivity contribution is 5.88. The van der Waals surface area contributed by atoms with E-state index in [0.717, 1.165) is 24.3 Å². The summed E-state index contributed by atoms with van der Waals surface area (Å²) in [4.78, 5) is 10.9. The Balaban J connectivity index is 1.81. The highest BCUT2D eigenvalue weighted by atomic mass is 16.1. The van der Waals surface area contributed by atoms with Gasteiger partial charge in [-0.3, -0.25) is 9.48 Å². The minimum atomic E-state index is -0.0581. The summed E-state index contributed by atoms with van der Waals surface area (Å²) in [5.41, 5.74) is 3.06. The monoisotopic (exact) mass is 258 g/mol. The Morgan fingerprint density at radius 2 is 1.95 bits per heavy atom. The van der Waals surface area contributed by atoms with Gasteiger partial charge in [0.15, 0.2) is 0 Å². The third kappa shape index (κ3) is 4.13. The van der Waals surface area contributed by atoms with E-state index < -0.39 is 0 Å². The van der Waals surface area contributed by atoms with Crippen molar-refractivity contribution < 1.29 is 4.79 Å². The van der Waals surface area contributed by atoms with Crippen molar-refractivity contribution >= 4 is 17.3 Å². The minimum Gasteiger partial charge on any atom is -0.385 e. The number of carbonyl (C=O) groups is 1. The second-order valence-corrected chi connectivity index (χ2v) is 4.46. The van der Waals surface area contributed by atoms with Crippen molar-refractivity contribution in [3.8, 4) is 0 Å². The van der Waals surface area contributed by atoms with E-state index >= 15 is 0 Å². The molecule has 5 nitrogen and oxygen atoms in total. The van der Waals surface area contributed by atoms with E-state index in [1.54, 1.807) is 4.68 Å². The van der Waals surface area contributed by atoms with Gasteiger partial charge in [0, 0.05) is 38.1 Å². The molecular weight excluding hydrogens is 240 g/mol. The van der Waals surface area contributed by atoms with Crippen LogP contribution in [0.5, 0.6) is 0 Å². The quantitative estimate of drug-likeness (QED) is 0.862. The molecule has 0 aliphatic heterocycles. The summed E-state index contributed by atoms with van der Waals surface area (Å²) in [6.07, 6.45) is 4.82. The molecule has 1 aromatic carbocycles. The van der Waals surface area contributed by atoms with Gasteiger partial charge in [-0.25, -0.2) is 0 Å². The smallest absolute Gasteiger partial charge is 0.221 e. The fourth-order valence-electron chi connectivity index (χ4n) is 1.83. The Bertz CT molecular complexity index is 545. The number of hydrogen-bond donors (Lipinski definition) is 2. The third-order valence-corrected chi connectivity index (χ3v) is 2.71. The van der Waals surface area contributed by atoms with Crippen molar-refractivity contribution in [1.29, 1.82) is 0 Å². The predicted octanol–water partition coefficient (Wildman–Crippen LogP) is 2.03. The second kappa shape index (κ2) is 6.04. The van der Waals surface area contributed by atoms with E-state index in [4.69, 9.17) is 0 Å². The lowest BCUT2D eigenvalue weighted by atomic mass is 10.2. The fraction of sp³-hybridized carbons (Fsp3) is 0.286. The van der Waals surface area contributed by atoms with Crippen molar-refractivity contribution in [1.82, 2.24) is 9.78 Å². The molecule has 0 unspecified atom stereocenters. The molecule has 0 radical (unpaired) electrons. The Morgan fingerprint density at radius 3 is 2.53 bits per heavy atom. The van der Waals surface area contributed by atoms with Crippen LogP contribution in [0, 0.1) is 0 Å². The van der Waals surface area contributed by atoms with Gasteiger partial charge in [0.05, 0.1) is 6.20 Å². The highest BCUT2D eigenvalue weighted by Gasteiger charge is 1.98. The van der Waals surface area contributed by atoms with Crippen molar-refractivity contribution in [3.05, 3.63) is 42.2 Å². The van der Waals surface area contributed by atoms with Gasteiger partial charge in [0.25, 0.3) is 0 Å². The van der Waals surface area contributed by atoms with Crippen LogP contribution in [0.1, 0.15) is 12.5 Å². The molecule has 5 heteroatoms. The average molecular weight is 258 g/mol. The SMILES string of the molecule is CC(=O)Nc1ccc(NCCc2cnn(C)c2)cc1. The van der Waals surface area contributed by atoms with E-state index in [2.05, 4.69) is 15.7 Å². The molecule has 0 aliphatic carbocycles. The minimum absolute atomic E-state index is 0.0581. The number of nitrogens with zero attached hydrogens (tertiary/aromatic N) is 2. The largest absolute Gasteiger partial charge is 0.385 e. The van der Waals surface area contributed by atoms with Crippen molar-refractivity contribution in [2.75, 3.05) is 17.2 Å². The number of nitrogens with one attached hydrogen (secondary N) is 2. The van der Waals surface area contributed by atoms with Gasteiger partial charge in [-0.1, -0.05) is 0 Å². The molecule has 0 saturated heterocycles. The Hall–Kier alpha value is -2.30. The number of aromatic nitrogens is 2. The molecule has 0 saturated carbocycles. The zero-order chi connectivity index (χ0) is 13.7. The van der Waals surface area contributed by atoms with Crippen LogP contribution in [0.25, 0.3) is 0 Å². The van der Waals surface area contributed by atoms with Crippen molar-refractivity contribution in [3.63, 3.8) is 0 Å². The first kappa shape index (κ1) is 13.1. The van der Waals surface area contributed by atoms with Gasteiger partial charge in [-0.2, -0.15) is 5.10 Å². The number of hydrogen-bond acceptors (Lipinski definition) is 3. The van der Waals surface area contributed by atoms with Crippen molar-refractivity contribution in [2.24, 2.45) is 7.05 Å². The summed E-state index contributed by atoms with van der Waals surface area (Å²) in [7, 11) is 1.91. The maximum atomic E-state index is 10.9. The van der Waals surface area contributed by atoms with Crippen LogP contribution >= 0.6 is 0 Å². The summed E-state index contributed by atoms with van der Waals surface area (Å²) in [6, 6.07) is 7.67. The lowest BCUT2D eigenvalue weighted by Crippen LogP contribution is -2.06. The standard InChI is InChI=1S/C14H18N4O/c1-11(19)17-14-5-3-13(4-6-14)15-8-7-12-9-16-18(2)10-12/h3-6,9-10,15H,7-8H2,1-2H3,(H,17,19). The second-order valence-electron chi connectivity index (χ2n) is 4.46. The summed E-state index contributed by atoms with van der Waals surface area (Å²) >= 11 is 0. The van der Waals surface area contributed by atoms with Gasteiger partial charge < -0.3 is 10.6 Å². The third-order valence-electron chi connectivity index (χ3n) is 2.71. The molecule has 19 heavy (non-hydrogen) atoms. The fourth-order valence-corrected chi connectivity index (χ4v) is 1.83. The normalized spacial score (nSPS) is 10.2. The van der Waals surface area contributed by atoms with Crippen LogP contribution in [-0.4, -0.2) is 22.2 Å². The molecule has 2 rings (SSSR count). The highest BCUT2D eigenvalue weighted by Crippen LogP contribution is 2.13. The molecular formula is C14H18N4O. The molecule has 0 atom stereocenters. The molecule has 2 N–H and O–H groups in total. The Morgan fingerprint density at radius 1 is 1.26 bits per heavy atom. The first-order valence-corrected chi connectivity index (χ1v) is 6.22. The molecule has 0 bridgehead atoms. The zero-order valence-electron chi connectivity index (χ0n) is 11.2. The summed E-state index contributed by atoms with van der Waals surface area (Å²) < 4.78 is 1.80. The van der Waals surface area contributed by atoms with Gasteiger partial charge in [-0.15, -0.1) is 0 Å². The van der Waals surface area contributed by atoms with E-state index in [1.165, 1.54) is 12.5 Å². The molecule has 0 spiro atoms. The van der Waals surface area contributed by atoms with E-state index in [0.29, 0.717) is 0 Å². The molecule has 2 aromatic rings. The van der Waals surface area contributed by atoms with E-state index in [-0.39, 0.29) is 5.91 Å². The summed E-state index contributed by atoms with van der Waals surface area (Å²) in [5, 5.41) is 10.2. The van der Waals surface area contributed by atoms with Crippen molar-refractivity contribution in [2.45, 2.75) is 13.3 Å². The maximum absolute atomic E-state index is 10.9. The van der Waals surface area contributed by atoms with Crippen LogP contribution in [0.4, 0.5) is 11.4 Å². The van der Waals surface area contributed by atoms with E-state index in [9.17, 15) is 4.79 Å². The average Bonchev–Trinajstić information content (AvgIpc) is 2.77. The molecule has 0 aliphatic rings. The molecule has 0 fully saturated rings. The number of anilines is 2. The molecule has 100 valence electrons. The van der Waals surface area contributed by atoms with Crippen LogP contribution in [-0.2, 0) is 18.3 Å². The number of aryl methyl sites for hydroxylation is 1. The number of carbonyl (C=O) groups excluding carboxylic acids is 1. The van der Waals surface area contributed by atoms with E-state index in [1.807, 2.05) is 43.7 Å². The van der Waals surface area contributed by atoms with Gasteiger partial charge in [0.1, 0.15) is 0 Å².